The van der Waals surface area contributed by atoms with Crippen LogP contribution in [0.15, 0.2) is 36.5 Å². The Morgan fingerprint density at radius 2 is 1.94 bits per heavy atom. The number of aromatic nitrogens is 2. The molecule has 0 atom stereocenters. The molecule has 1 aromatic carbocycles. The van der Waals surface area contributed by atoms with Crippen molar-refractivity contribution in [2.24, 2.45) is 0 Å². The quantitative estimate of drug-likeness (QED) is 0.850. The number of nitrogens with one attached hydrogen (secondary N) is 1. The molecule has 96 valence electrons. The summed E-state index contributed by atoms with van der Waals surface area (Å²) in [6, 6.07) is 8.58. The fourth-order valence-electron chi connectivity index (χ4n) is 1.86. The first-order chi connectivity index (χ1) is 8.79. The van der Waals surface area contributed by atoms with Crippen LogP contribution in [0.1, 0.15) is 24.6 Å². The summed E-state index contributed by atoms with van der Waals surface area (Å²) < 4.78 is 14.7. The van der Waals surface area contributed by atoms with E-state index in [4.69, 9.17) is 0 Å². The average molecular weight is 247 g/mol. The molecule has 1 aromatic heterocycles. The van der Waals surface area contributed by atoms with Gasteiger partial charge in [0.15, 0.2) is 0 Å². The second kappa shape index (κ2) is 6.31. The molecule has 1 heterocycles. The Bertz CT molecular complexity index is 476. The van der Waals surface area contributed by atoms with E-state index in [0.29, 0.717) is 0 Å². The first kappa shape index (κ1) is 12.8. The lowest BCUT2D eigenvalue weighted by Crippen LogP contribution is -2.16. The topological polar surface area (TPSA) is 29.9 Å². The number of hydrogen-bond donors (Lipinski definition) is 1. The summed E-state index contributed by atoms with van der Waals surface area (Å²) in [7, 11) is 0. The Morgan fingerprint density at radius 3 is 2.67 bits per heavy atom. The Labute approximate surface area is 107 Å². The molecule has 0 bridgehead atoms. The summed E-state index contributed by atoms with van der Waals surface area (Å²) in [5.41, 5.74) is 2.26. The highest BCUT2D eigenvalue weighted by Crippen LogP contribution is 2.04. The minimum atomic E-state index is -0.195. The molecule has 0 aliphatic rings. The number of halogens is 1. The van der Waals surface area contributed by atoms with Gasteiger partial charge in [-0.1, -0.05) is 19.1 Å². The SMILES string of the molecule is CCCn1nccc1CNCc1ccc(F)cc1. The molecule has 0 saturated carbocycles. The van der Waals surface area contributed by atoms with Crippen LogP contribution in [0.25, 0.3) is 0 Å². The number of nitrogens with zero attached hydrogens (tertiary/aromatic N) is 2. The molecule has 4 heteroatoms. The molecule has 3 nitrogen and oxygen atoms in total. The second-order valence-corrected chi connectivity index (χ2v) is 4.28. The molecule has 2 aromatic rings. The van der Waals surface area contributed by atoms with E-state index in [-0.39, 0.29) is 5.82 Å². The van der Waals surface area contributed by atoms with Gasteiger partial charge in [-0.2, -0.15) is 5.10 Å². The van der Waals surface area contributed by atoms with Crippen LogP contribution >= 0.6 is 0 Å². The standard InChI is InChI=1S/C14H18FN3/c1-2-9-18-14(7-8-17-18)11-16-10-12-3-5-13(15)6-4-12/h3-8,16H,2,9-11H2,1H3. The molecule has 0 aliphatic heterocycles. The van der Waals surface area contributed by atoms with Crippen molar-refractivity contribution in [2.45, 2.75) is 33.0 Å². The minimum Gasteiger partial charge on any atom is -0.307 e. The number of hydrogen-bond acceptors (Lipinski definition) is 2. The molecule has 2 rings (SSSR count). The lowest BCUT2D eigenvalue weighted by atomic mass is 10.2. The Balaban J connectivity index is 1.84. The highest BCUT2D eigenvalue weighted by molar-refractivity contribution is 5.15. The van der Waals surface area contributed by atoms with E-state index in [0.717, 1.165) is 31.6 Å². The van der Waals surface area contributed by atoms with Crippen molar-refractivity contribution < 1.29 is 4.39 Å². The molecule has 0 aliphatic carbocycles. The van der Waals surface area contributed by atoms with E-state index in [2.05, 4.69) is 17.3 Å². The molecular formula is C14H18FN3. The van der Waals surface area contributed by atoms with Gasteiger partial charge in [-0.05, 0) is 30.2 Å². The second-order valence-electron chi connectivity index (χ2n) is 4.28. The van der Waals surface area contributed by atoms with Crippen LogP contribution in [-0.4, -0.2) is 9.78 Å². The van der Waals surface area contributed by atoms with Gasteiger partial charge in [0.1, 0.15) is 5.82 Å². The lowest BCUT2D eigenvalue weighted by molar-refractivity contribution is 0.549. The summed E-state index contributed by atoms with van der Waals surface area (Å²) in [4.78, 5) is 0. The molecule has 0 fully saturated rings. The van der Waals surface area contributed by atoms with Crippen molar-refractivity contribution in [3.05, 3.63) is 53.6 Å². The van der Waals surface area contributed by atoms with Crippen LogP contribution in [0.3, 0.4) is 0 Å². The van der Waals surface area contributed by atoms with Crippen molar-refractivity contribution in [3.63, 3.8) is 0 Å². The van der Waals surface area contributed by atoms with Gasteiger partial charge >= 0.3 is 0 Å². The van der Waals surface area contributed by atoms with Crippen LogP contribution in [-0.2, 0) is 19.6 Å². The third kappa shape index (κ3) is 3.40. The number of benzene rings is 1. The summed E-state index contributed by atoms with van der Waals surface area (Å²) in [5.74, 6) is -0.195. The van der Waals surface area contributed by atoms with Gasteiger partial charge in [0.2, 0.25) is 0 Å². The maximum absolute atomic E-state index is 12.7. The van der Waals surface area contributed by atoms with Gasteiger partial charge in [-0.3, -0.25) is 4.68 Å². The third-order valence-corrected chi connectivity index (χ3v) is 2.79. The zero-order chi connectivity index (χ0) is 12.8. The molecule has 0 unspecified atom stereocenters. The molecule has 0 saturated heterocycles. The highest BCUT2D eigenvalue weighted by atomic mass is 19.1. The summed E-state index contributed by atoms with van der Waals surface area (Å²) in [6.45, 7) is 4.59. The largest absolute Gasteiger partial charge is 0.307 e. The van der Waals surface area contributed by atoms with Crippen LogP contribution in [0.2, 0.25) is 0 Å². The predicted molar refractivity (Wildman–Crippen MR) is 69.5 cm³/mol. The minimum absolute atomic E-state index is 0.195. The summed E-state index contributed by atoms with van der Waals surface area (Å²) >= 11 is 0. The molecule has 0 radical (unpaired) electrons. The fraction of sp³-hybridized carbons (Fsp3) is 0.357. The summed E-state index contributed by atoms with van der Waals surface area (Å²) in [5, 5.41) is 7.61. The van der Waals surface area contributed by atoms with Gasteiger partial charge in [-0.25, -0.2) is 4.39 Å². The Kier molecular flexibility index (Phi) is 4.47. The van der Waals surface area contributed by atoms with Crippen molar-refractivity contribution in [1.82, 2.24) is 15.1 Å². The monoisotopic (exact) mass is 247 g/mol. The van der Waals surface area contributed by atoms with E-state index in [1.807, 2.05) is 16.9 Å². The molecular weight excluding hydrogens is 229 g/mol. The van der Waals surface area contributed by atoms with Crippen molar-refractivity contribution in [1.29, 1.82) is 0 Å². The zero-order valence-corrected chi connectivity index (χ0v) is 10.6. The Hall–Kier alpha value is -1.68. The molecule has 1 N–H and O–H groups in total. The van der Waals surface area contributed by atoms with E-state index < -0.39 is 0 Å². The summed E-state index contributed by atoms with van der Waals surface area (Å²) in [6.07, 6.45) is 2.90. The lowest BCUT2D eigenvalue weighted by Gasteiger charge is -2.07. The van der Waals surface area contributed by atoms with Crippen LogP contribution in [0, 0.1) is 5.82 Å². The van der Waals surface area contributed by atoms with Crippen LogP contribution in [0.4, 0.5) is 4.39 Å². The van der Waals surface area contributed by atoms with Crippen molar-refractivity contribution >= 4 is 0 Å². The van der Waals surface area contributed by atoms with E-state index in [1.54, 1.807) is 12.1 Å². The first-order valence-corrected chi connectivity index (χ1v) is 6.25. The predicted octanol–water partition coefficient (Wildman–Crippen LogP) is 2.72. The van der Waals surface area contributed by atoms with Crippen LogP contribution < -0.4 is 5.32 Å². The average Bonchev–Trinajstić information content (AvgIpc) is 2.80. The van der Waals surface area contributed by atoms with Gasteiger partial charge in [0, 0.05) is 25.8 Å². The first-order valence-electron chi connectivity index (χ1n) is 6.25. The zero-order valence-electron chi connectivity index (χ0n) is 10.6. The van der Waals surface area contributed by atoms with E-state index in [1.165, 1.54) is 17.8 Å². The number of rotatable bonds is 6. The van der Waals surface area contributed by atoms with Gasteiger partial charge in [0.25, 0.3) is 0 Å². The van der Waals surface area contributed by atoms with Crippen molar-refractivity contribution in [3.8, 4) is 0 Å². The molecule has 0 spiro atoms. The van der Waals surface area contributed by atoms with Gasteiger partial charge in [0.05, 0.1) is 5.69 Å². The van der Waals surface area contributed by atoms with Crippen molar-refractivity contribution in [2.75, 3.05) is 0 Å². The van der Waals surface area contributed by atoms with Gasteiger partial charge in [-0.15, -0.1) is 0 Å². The maximum Gasteiger partial charge on any atom is 0.123 e. The number of aryl methyl sites for hydroxylation is 1. The van der Waals surface area contributed by atoms with E-state index >= 15 is 0 Å². The van der Waals surface area contributed by atoms with E-state index in [9.17, 15) is 4.39 Å². The molecule has 18 heavy (non-hydrogen) atoms. The molecule has 0 amide bonds. The highest BCUT2D eigenvalue weighted by Gasteiger charge is 2.01. The third-order valence-electron chi connectivity index (χ3n) is 2.79. The van der Waals surface area contributed by atoms with Gasteiger partial charge < -0.3 is 5.32 Å². The normalized spacial score (nSPS) is 10.8. The Morgan fingerprint density at radius 1 is 1.17 bits per heavy atom. The maximum atomic E-state index is 12.7. The van der Waals surface area contributed by atoms with Crippen LogP contribution in [0.5, 0.6) is 0 Å². The smallest absolute Gasteiger partial charge is 0.123 e. The fourth-order valence-corrected chi connectivity index (χ4v) is 1.86.